The first-order valence-electron chi connectivity index (χ1n) is 6.72. The minimum Gasteiger partial charge on any atom is -0.480 e. The summed E-state index contributed by atoms with van der Waals surface area (Å²) in [6.45, 7) is 4.18. The maximum atomic E-state index is 11.6. The van der Waals surface area contributed by atoms with E-state index in [9.17, 15) is 9.90 Å². The lowest BCUT2D eigenvalue weighted by Gasteiger charge is -2.30. The highest BCUT2D eigenvalue weighted by molar-refractivity contribution is 5.80. The quantitative estimate of drug-likeness (QED) is 0.547. The number of hydrogen-bond donors (Lipinski definition) is 2. The van der Waals surface area contributed by atoms with E-state index in [4.69, 9.17) is 9.47 Å². The van der Waals surface area contributed by atoms with Crippen LogP contribution in [0.5, 0.6) is 0 Å². The molecular formula is C13H25NO4. The van der Waals surface area contributed by atoms with Crippen LogP contribution in [0.1, 0.15) is 32.6 Å². The van der Waals surface area contributed by atoms with Crippen molar-refractivity contribution in [3.05, 3.63) is 0 Å². The molecule has 0 aromatic rings. The van der Waals surface area contributed by atoms with Crippen molar-refractivity contribution in [1.29, 1.82) is 0 Å². The smallest absolute Gasteiger partial charge is 0.326 e. The van der Waals surface area contributed by atoms with Crippen LogP contribution in [0.15, 0.2) is 0 Å². The van der Waals surface area contributed by atoms with Gasteiger partial charge in [0, 0.05) is 20.3 Å². The Morgan fingerprint density at radius 1 is 1.44 bits per heavy atom. The maximum Gasteiger partial charge on any atom is 0.326 e. The molecule has 1 saturated carbocycles. The molecule has 1 aliphatic carbocycles. The zero-order valence-electron chi connectivity index (χ0n) is 11.4. The third-order valence-electron chi connectivity index (χ3n) is 3.31. The van der Waals surface area contributed by atoms with Crippen molar-refractivity contribution in [2.75, 3.05) is 33.5 Å². The first-order valence-corrected chi connectivity index (χ1v) is 6.72. The van der Waals surface area contributed by atoms with Gasteiger partial charge in [-0.1, -0.05) is 6.92 Å². The molecule has 0 aromatic heterocycles. The summed E-state index contributed by atoms with van der Waals surface area (Å²) in [5.41, 5.74) is -0.886. The Balaban J connectivity index is 2.45. The van der Waals surface area contributed by atoms with Gasteiger partial charge in [0.25, 0.3) is 0 Å². The van der Waals surface area contributed by atoms with Crippen molar-refractivity contribution < 1.29 is 19.4 Å². The molecule has 106 valence electrons. The number of carboxylic acids is 1. The summed E-state index contributed by atoms with van der Waals surface area (Å²) >= 11 is 0. The van der Waals surface area contributed by atoms with E-state index < -0.39 is 11.5 Å². The Bertz CT molecular complexity index is 255. The first kappa shape index (κ1) is 15.4. The lowest BCUT2D eigenvalue weighted by Crippen LogP contribution is -2.57. The minimum absolute atomic E-state index is 0.212. The van der Waals surface area contributed by atoms with Gasteiger partial charge in [-0.15, -0.1) is 0 Å². The Morgan fingerprint density at radius 3 is 2.67 bits per heavy atom. The molecule has 0 bridgehead atoms. The van der Waals surface area contributed by atoms with Crippen LogP contribution in [0.2, 0.25) is 0 Å². The molecule has 0 amide bonds. The predicted molar refractivity (Wildman–Crippen MR) is 68.7 cm³/mol. The van der Waals surface area contributed by atoms with Gasteiger partial charge in [-0.3, -0.25) is 10.1 Å². The minimum atomic E-state index is -0.886. The summed E-state index contributed by atoms with van der Waals surface area (Å²) in [7, 11) is 1.65. The van der Waals surface area contributed by atoms with Gasteiger partial charge in [0.1, 0.15) is 5.54 Å². The lowest BCUT2D eigenvalue weighted by molar-refractivity contribution is -0.149. The molecule has 5 heteroatoms. The van der Waals surface area contributed by atoms with E-state index in [-0.39, 0.29) is 12.5 Å². The molecule has 18 heavy (non-hydrogen) atoms. The number of aliphatic carboxylic acids is 1. The van der Waals surface area contributed by atoms with Gasteiger partial charge < -0.3 is 14.6 Å². The molecular weight excluding hydrogens is 234 g/mol. The van der Waals surface area contributed by atoms with E-state index in [1.165, 1.54) is 0 Å². The van der Waals surface area contributed by atoms with E-state index in [2.05, 4.69) is 5.32 Å². The Kier molecular flexibility index (Phi) is 6.60. The van der Waals surface area contributed by atoms with Gasteiger partial charge in [0.05, 0.1) is 6.61 Å². The second-order valence-corrected chi connectivity index (χ2v) is 4.88. The Morgan fingerprint density at radius 2 is 2.17 bits per heavy atom. The van der Waals surface area contributed by atoms with Crippen molar-refractivity contribution in [1.82, 2.24) is 5.32 Å². The fourth-order valence-corrected chi connectivity index (χ4v) is 2.09. The summed E-state index contributed by atoms with van der Waals surface area (Å²) in [4.78, 5) is 11.6. The van der Waals surface area contributed by atoms with Crippen LogP contribution in [0.25, 0.3) is 0 Å². The highest BCUT2D eigenvalue weighted by Gasteiger charge is 2.51. The molecule has 1 aliphatic rings. The number of carbonyl (C=O) groups is 1. The van der Waals surface area contributed by atoms with Gasteiger partial charge in [-0.25, -0.2) is 0 Å². The average molecular weight is 259 g/mol. The molecule has 0 heterocycles. The van der Waals surface area contributed by atoms with E-state index in [1.807, 2.05) is 6.92 Å². The molecule has 0 saturated heterocycles. The Hall–Kier alpha value is -0.650. The molecule has 1 atom stereocenters. The standard InChI is InChI=1S/C13H25NO4/c1-3-7-14-13(12(15)16,11-5-6-11)10-18-9-4-8-17-2/h11,14H,3-10H2,1-2H3,(H,15,16). The number of rotatable bonds is 11. The van der Waals surface area contributed by atoms with Crippen LogP contribution < -0.4 is 5.32 Å². The van der Waals surface area contributed by atoms with Crippen molar-refractivity contribution >= 4 is 5.97 Å². The molecule has 1 fully saturated rings. The van der Waals surface area contributed by atoms with E-state index in [1.54, 1.807) is 7.11 Å². The maximum absolute atomic E-state index is 11.6. The van der Waals surface area contributed by atoms with Crippen molar-refractivity contribution in [3.63, 3.8) is 0 Å². The first-order chi connectivity index (χ1) is 8.67. The molecule has 0 aromatic carbocycles. The van der Waals surface area contributed by atoms with Gasteiger partial charge in [-0.2, -0.15) is 0 Å². The van der Waals surface area contributed by atoms with Gasteiger partial charge >= 0.3 is 5.97 Å². The highest BCUT2D eigenvalue weighted by Crippen LogP contribution is 2.40. The fraction of sp³-hybridized carbons (Fsp3) is 0.923. The lowest BCUT2D eigenvalue weighted by atomic mass is 9.94. The van der Waals surface area contributed by atoms with E-state index in [0.717, 1.165) is 25.7 Å². The second-order valence-electron chi connectivity index (χ2n) is 4.88. The van der Waals surface area contributed by atoms with Gasteiger partial charge in [0.15, 0.2) is 0 Å². The van der Waals surface area contributed by atoms with Crippen LogP contribution in [-0.2, 0) is 14.3 Å². The fourth-order valence-electron chi connectivity index (χ4n) is 2.09. The Labute approximate surface area is 109 Å². The number of nitrogens with one attached hydrogen (secondary N) is 1. The van der Waals surface area contributed by atoms with Crippen molar-refractivity contribution in [2.24, 2.45) is 5.92 Å². The second kappa shape index (κ2) is 7.71. The number of carboxylic acid groups (broad SMARTS) is 1. The largest absolute Gasteiger partial charge is 0.480 e. The van der Waals surface area contributed by atoms with Crippen LogP contribution in [0.3, 0.4) is 0 Å². The van der Waals surface area contributed by atoms with E-state index >= 15 is 0 Å². The molecule has 0 radical (unpaired) electrons. The summed E-state index contributed by atoms with van der Waals surface area (Å²) in [5, 5.41) is 12.7. The van der Waals surface area contributed by atoms with Crippen LogP contribution >= 0.6 is 0 Å². The topological polar surface area (TPSA) is 67.8 Å². The van der Waals surface area contributed by atoms with Gasteiger partial charge in [0.2, 0.25) is 0 Å². The molecule has 1 rings (SSSR count). The molecule has 0 spiro atoms. The van der Waals surface area contributed by atoms with Crippen molar-refractivity contribution in [2.45, 2.75) is 38.1 Å². The van der Waals surface area contributed by atoms with Gasteiger partial charge in [-0.05, 0) is 38.1 Å². The summed E-state index contributed by atoms with van der Waals surface area (Å²) in [6, 6.07) is 0. The molecule has 5 nitrogen and oxygen atoms in total. The third-order valence-corrected chi connectivity index (χ3v) is 3.31. The number of ether oxygens (including phenoxy) is 2. The monoisotopic (exact) mass is 259 g/mol. The molecule has 0 aliphatic heterocycles. The summed E-state index contributed by atoms with van der Waals surface area (Å²) < 4.78 is 10.5. The third kappa shape index (κ3) is 4.23. The number of methoxy groups -OCH3 is 1. The zero-order valence-corrected chi connectivity index (χ0v) is 11.4. The van der Waals surface area contributed by atoms with Crippen molar-refractivity contribution in [3.8, 4) is 0 Å². The van der Waals surface area contributed by atoms with E-state index in [0.29, 0.717) is 19.8 Å². The summed E-state index contributed by atoms with van der Waals surface area (Å²) in [5.74, 6) is -0.575. The zero-order chi connectivity index (χ0) is 13.4. The van der Waals surface area contributed by atoms with Crippen LogP contribution in [0.4, 0.5) is 0 Å². The highest BCUT2D eigenvalue weighted by atomic mass is 16.5. The SMILES string of the molecule is CCCNC(COCCCOC)(C(=O)O)C1CC1. The summed E-state index contributed by atoms with van der Waals surface area (Å²) in [6.07, 6.45) is 3.67. The van der Waals surface area contributed by atoms with Crippen LogP contribution in [0, 0.1) is 5.92 Å². The predicted octanol–water partition coefficient (Wildman–Crippen LogP) is 1.27. The molecule has 2 N–H and O–H groups in total. The van der Waals surface area contributed by atoms with Crippen LogP contribution in [-0.4, -0.2) is 50.1 Å². The normalized spacial score (nSPS) is 18.6. The molecule has 1 unspecified atom stereocenters. The average Bonchev–Trinajstić information content (AvgIpc) is 3.17. The number of hydrogen-bond acceptors (Lipinski definition) is 4.